The number of fused-ring (bicyclic) bond motifs is 1. The zero-order valence-electron chi connectivity index (χ0n) is 15.8. The lowest BCUT2D eigenvalue weighted by Gasteiger charge is -2.19. The number of halogens is 1. The number of aryl methyl sites for hydroxylation is 1. The highest BCUT2D eigenvalue weighted by Crippen LogP contribution is 2.41. The van der Waals surface area contributed by atoms with Crippen molar-refractivity contribution >= 4 is 23.2 Å². The molecule has 0 spiro atoms. The van der Waals surface area contributed by atoms with E-state index in [-0.39, 0.29) is 5.91 Å². The number of carbonyl (C=O) groups excluding carboxylic acids is 1. The second-order valence-electron chi connectivity index (χ2n) is 6.71. The molecular weight excluding hydrogens is 394 g/mol. The van der Waals surface area contributed by atoms with Crippen LogP contribution in [-0.4, -0.2) is 19.1 Å². The highest BCUT2D eigenvalue weighted by atomic mass is 35.5. The van der Waals surface area contributed by atoms with Crippen LogP contribution in [0.3, 0.4) is 0 Å². The fourth-order valence-electron chi connectivity index (χ4n) is 3.43. The molecule has 2 atom stereocenters. The number of hydrogen-bond donors (Lipinski definition) is 1. The number of anilines is 1. The molecule has 148 valence electrons. The molecule has 0 aliphatic carbocycles. The molecule has 0 unspecified atom stereocenters. The molecule has 6 nitrogen and oxygen atoms in total. The second-order valence-corrected chi connectivity index (χ2v) is 7.14. The molecule has 1 aliphatic heterocycles. The molecule has 7 heteroatoms. The number of nitrogens with one attached hydrogen (secondary N) is 1. The van der Waals surface area contributed by atoms with Crippen molar-refractivity contribution in [3.63, 3.8) is 0 Å². The zero-order chi connectivity index (χ0) is 20.5. The molecule has 3 aromatic rings. The Kier molecular flexibility index (Phi) is 5.03. The molecule has 1 aliphatic rings. The van der Waals surface area contributed by atoms with Gasteiger partial charge in [0, 0.05) is 16.8 Å². The van der Waals surface area contributed by atoms with Crippen molar-refractivity contribution in [3.8, 4) is 11.5 Å². The minimum Gasteiger partial charge on any atom is -0.497 e. The summed E-state index contributed by atoms with van der Waals surface area (Å²) in [5.74, 6) is 0.462. The van der Waals surface area contributed by atoms with Crippen LogP contribution >= 0.6 is 11.6 Å². The number of benzene rings is 2. The Balaban J connectivity index is 1.73. The molecule has 2 heterocycles. The average Bonchev–Trinajstić information content (AvgIpc) is 3.09. The van der Waals surface area contributed by atoms with Crippen LogP contribution in [0.15, 0.2) is 63.8 Å². The van der Waals surface area contributed by atoms with Gasteiger partial charge in [-0.1, -0.05) is 23.7 Å². The van der Waals surface area contributed by atoms with Crippen molar-refractivity contribution in [2.75, 3.05) is 12.4 Å². The van der Waals surface area contributed by atoms with Gasteiger partial charge in [0.05, 0.1) is 18.6 Å². The number of rotatable bonds is 4. The monoisotopic (exact) mass is 411 g/mol. The maximum Gasteiger partial charge on any atom is 0.343 e. The highest BCUT2D eigenvalue weighted by molar-refractivity contribution is 6.30. The third-order valence-corrected chi connectivity index (χ3v) is 5.04. The summed E-state index contributed by atoms with van der Waals surface area (Å²) >= 11 is 5.90. The van der Waals surface area contributed by atoms with E-state index in [9.17, 15) is 9.59 Å². The average molecular weight is 412 g/mol. The van der Waals surface area contributed by atoms with Crippen LogP contribution in [-0.2, 0) is 4.79 Å². The van der Waals surface area contributed by atoms with Crippen LogP contribution in [0.5, 0.6) is 11.5 Å². The predicted molar refractivity (Wildman–Crippen MR) is 109 cm³/mol. The maximum absolute atomic E-state index is 13.0. The lowest BCUT2D eigenvalue weighted by Crippen LogP contribution is -2.35. The third-order valence-electron chi connectivity index (χ3n) is 4.79. The largest absolute Gasteiger partial charge is 0.497 e. The van der Waals surface area contributed by atoms with E-state index in [4.69, 9.17) is 25.5 Å². The second kappa shape index (κ2) is 7.64. The van der Waals surface area contributed by atoms with Gasteiger partial charge in [0.15, 0.2) is 6.10 Å². The standard InChI is InChI=1S/C22H18ClNO5/c1-12-11-17-19(22(26)28-12)18(13-3-9-16(27-2)10-4-13)20(29-17)21(25)24-15-7-5-14(23)6-8-15/h3-11,18,20H,1-2H3,(H,24,25)/t18-,20+/m0/s1. The molecule has 0 radical (unpaired) electrons. The van der Waals surface area contributed by atoms with E-state index in [1.54, 1.807) is 56.5 Å². The molecule has 0 saturated carbocycles. The summed E-state index contributed by atoms with van der Waals surface area (Å²) in [6, 6.07) is 15.6. The fourth-order valence-corrected chi connectivity index (χ4v) is 3.56. The zero-order valence-corrected chi connectivity index (χ0v) is 16.5. The van der Waals surface area contributed by atoms with Crippen molar-refractivity contribution in [3.05, 3.63) is 86.9 Å². The van der Waals surface area contributed by atoms with Gasteiger partial charge in [-0.2, -0.15) is 0 Å². The summed E-state index contributed by atoms with van der Waals surface area (Å²) in [5, 5.41) is 3.39. The SMILES string of the molecule is COc1ccc([C@H]2c3c(cc(C)oc3=O)O[C@H]2C(=O)Nc2ccc(Cl)cc2)cc1. The lowest BCUT2D eigenvalue weighted by atomic mass is 9.88. The quantitative estimate of drug-likeness (QED) is 0.698. The summed E-state index contributed by atoms with van der Waals surface area (Å²) in [5.41, 5.74) is 1.15. The summed E-state index contributed by atoms with van der Waals surface area (Å²) in [4.78, 5) is 25.6. The Labute approximate surface area is 172 Å². The number of hydrogen-bond acceptors (Lipinski definition) is 5. The highest BCUT2D eigenvalue weighted by Gasteiger charge is 2.43. The Hall–Kier alpha value is -3.25. The van der Waals surface area contributed by atoms with Crippen LogP contribution in [0.25, 0.3) is 0 Å². The van der Waals surface area contributed by atoms with E-state index in [2.05, 4.69) is 5.32 Å². The first-order chi connectivity index (χ1) is 14.0. The van der Waals surface area contributed by atoms with Gasteiger partial charge < -0.3 is 19.2 Å². The van der Waals surface area contributed by atoms with Gasteiger partial charge in [0.2, 0.25) is 0 Å². The van der Waals surface area contributed by atoms with Crippen LogP contribution in [0.1, 0.15) is 22.8 Å². The number of amides is 1. The van der Waals surface area contributed by atoms with Crippen LogP contribution in [0, 0.1) is 6.92 Å². The first-order valence-electron chi connectivity index (χ1n) is 8.98. The predicted octanol–water partition coefficient (Wildman–Crippen LogP) is 4.14. The van der Waals surface area contributed by atoms with E-state index in [0.717, 1.165) is 5.56 Å². The van der Waals surface area contributed by atoms with Gasteiger partial charge in [-0.05, 0) is 48.9 Å². The van der Waals surface area contributed by atoms with Crippen molar-refractivity contribution in [2.24, 2.45) is 0 Å². The molecule has 0 saturated heterocycles. The van der Waals surface area contributed by atoms with E-state index < -0.39 is 17.6 Å². The van der Waals surface area contributed by atoms with Gasteiger partial charge in [-0.25, -0.2) is 4.79 Å². The van der Waals surface area contributed by atoms with Gasteiger partial charge in [-0.3, -0.25) is 4.79 Å². The Morgan fingerprint density at radius 1 is 1.10 bits per heavy atom. The molecule has 29 heavy (non-hydrogen) atoms. The summed E-state index contributed by atoms with van der Waals surface area (Å²) < 4.78 is 16.4. The molecule has 4 rings (SSSR count). The fraction of sp³-hybridized carbons (Fsp3) is 0.182. The first-order valence-corrected chi connectivity index (χ1v) is 9.36. The minimum absolute atomic E-state index is 0.331. The Morgan fingerprint density at radius 2 is 1.79 bits per heavy atom. The molecule has 1 aromatic heterocycles. The Bertz CT molecular complexity index is 1110. The van der Waals surface area contributed by atoms with Gasteiger partial charge in [0.1, 0.15) is 17.3 Å². The van der Waals surface area contributed by atoms with E-state index in [1.807, 2.05) is 12.1 Å². The summed E-state index contributed by atoms with van der Waals surface area (Å²) in [7, 11) is 1.57. The number of methoxy groups -OCH3 is 1. The number of carbonyl (C=O) groups is 1. The maximum atomic E-state index is 13.0. The van der Waals surface area contributed by atoms with Crippen LogP contribution in [0.4, 0.5) is 5.69 Å². The van der Waals surface area contributed by atoms with Crippen LogP contribution < -0.4 is 20.4 Å². The Morgan fingerprint density at radius 3 is 2.45 bits per heavy atom. The number of ether oxygens (including phenoxy) is 2. The molecule has 1 amide bonds. The smallest absolute Gasteiger partial charge is 0.343 e. The van der Waals surface area contributed by atoms with E-state index in [1.165, 1.54) is 0 Å². The topological polar surface area (TPSA) is 77.8 Å². The van der Waals surface area contributed by atoms with Crippen LogP contribution in [0.2, 0.25) is 5.02 Å². The normalized spacial score (nSPS) is 17.3. The lowest BCUT2D eigenvalue weighted by molar-refractivity contribution is -0.122. The summed E-state index contributed by atoms with van der Waals surface area (Å²) in [6.45, 7) is 1.66. The molecule has 1 N–H and O–H groups in total. The van der Waals surface area contributed by atoms with Gasteiger partial charge >= 0.3 is 5.63 Å². The van der Waals surface area contributed by atoms with Crippen molar-refractivity contribution in [1.82, 2.24) is 0 Å². The van der Waals surface area contributed by atoms with Gasteiger partial charge in [-0.15, -0.1) is 0 Å². The van der Waals surface area contributed by atoms with E-state index >= 15 is 0 Å². The minimum atomic E-state index is -0.932. The first kappa shape index (κ1) is 19.1. The third kappa shape index (κ3) is 3.71. The molecular formula is C22H18ClNO5. The van der Waals surface area contributed by atoms with E-state index in [0.29, 0.717) is 33.5 Å². The summed E-state index contributed by atoms with van der Waals surface area (Å²) in [6.07, 6.45) is -0.932. The molecule has 0 fully saturated rings. The molecule has 0 bridgehead atoms. The molecule has 2 aromatic carbocycles. The van der Waals surface area contributed by atoms with Crippen molar-refractivity contribution < 1.29 is 18.7 Å². The van der Waals surface area contributed by atoms with Crippen molar-refractivity contribution in [2.45, 2.75) is 18.9 Å². The van der Waals surface area contributed by atoms with Gasteiger partial charge in [0.25, 0.3) is 5.91 Å². The van der Waals surface area contributed by atoms with Crippen molar-refractivity contribution in [1.29, 1.82) is 0 Å².